The van der Waals surface area contributed by atoms with Gasteiger partial charge in [0.2, 0.25) is 11.8 Å². The Morgan fingerprint density at radius 1 is 1.00 bits per heavy atom. The lowest BCUT2D eigenvalue weighted by atomic mass is 10.2. The topological polar surface area (TPSA) is 83.4 Å². The number of benzene rings is 2. The molecule has 0 spiro atoms. The van der Waals surface area contributed by atoms with Gasteiger partial charge in [0, 0.05) is 28.9 Å². The molecule has 3 rings (SSSR count). The summed E-state index contributed by atoms with van der Waals surface area (Å²) < 4.78 is 5.73. The van der Waals surface area contributed by atoms with Crippen LogP contribution in [0.1, 0.15) is 19.6 Å². The summed E-state index contributed by atoms with van der Waals surface area (Å²) in [6.45, 7) is 3.62. The van der Waals surface area contributed by atoms with Gasteiger partial charge in [0.25, 0.3) is 0 Å². The quantitative estimate of drug-likeness (QED) is 0.269. The fourth-order valence-electron chi connectivity index (χ4n) is 2.72. The van der Waals surface area contributed by atoms with Crippen LogP contribution >= 0.6 is 35.4 Å². The summed E-state index contributed by atoms with van der Waals surface area (Å²) in [4.78, 5) is 24.1. The molecule has 3 aromatic rings. The lowest BCUT2D eigenvalue weighted by molar-refractivity contribution is -0.119. The van der Waals surface area contributed by atoms with Gasteiger partial charge in [-0.2, -0.15) is 0 Å². The van der Waals surface area contributed by atoms with E-state index in [-0.39, 0.29) is 16.9 Å². The van der Waals surface area contributed by atoms with E-state index < -0.39 is 5.91 Å². The van der Waals surface area contributed by atoms with Gasteiger partial charge in [0.05, 0.1) is 10.0 Å². The van der Waals surface area contributed by atoms with E-state index in [0.29, 0.717) is 38.5 Å². The highest BCUT2D eigenvalue weighted by Crippen LogP contribution is 2.34. The maximum atomic E-state index is 12.2. The summed E-state index contributed by atoms with van der Waals surface area (Å²) in [7, 11) is 0. The highest BCUT2D eigenvalue weighted by Gasteiger charge is 2.11. The highest BCUT2D eigenvalue weighted by molar-refractivity contribution is 7.80. The summed E-state index contributed by atoms with van der Waals surface area (Å²) in [5, 5.41) is 9.22. The molecule has 0 radical (unpaired) electrons. The number of nitrogens with one attached hydrogen (secondary N) is 3. The van der Waals surface area contributed by atoms with Gasteiger partial charge in [0.1, 0.15) is 11.5 Å². The SMILES string of the molecule is CC(C)C(=O)Nc1cccc(NC(=S)NC(=O)C=Cc2ccc(-c3cccc(Cl)c3Cl)o2)c1. The monoisotopic (exact) mass is 501 g/mol. The molecule has 6 nitrogen and oxygen atoms in total. The van der Waals surface area contributed by atoms with Crippen LogP contribution in [0.2, 0.25) is 10.0 Å². The Labute approximate surface area is 207 Å². The molecule has 9 heteroatoms. The summed E-state index contributed by atoms with van der Waals surface area (Å²) in [6.07, 6.45) is 2.82. The molecule has 0 aliphatic heterocycles. The second-order valence-corrected chi connectivity index (χ2v) is 8.50. The maximum absolute atomic E-state index is 12.2. The molecule has 1 aromatic heterocycles. The molecule has 0 saturated carbocycles. The van der Waals surface area contributed by atoms with Crippen LogP contribution in [-0.2, 0) is 9.59 Å². The molecule has 0 fully saturated rings. The second-order valence-electron chi connectivity index (χ2n) is 7.30. The zero-order chi connectivity index (χ0) is 24.0. The molecule has 2 amide bonds. The highest BCUT2D eigenvalue weighted by atomic mass is 35.5. The minimum Gasteiger partial charge on any atom is -0.457 e. The average Bonchev–Trinajstić information content (AvgIpc) is 3.23. The number of amides is 2. The molecule has 0 aliphatic carbocycles. The Morgan fingerprint density at radius 3 is 2.42 bits per heavy atom. The maximum Gasteiger partial charge on any atom is 0.250 e. The van der Waals surface area contributed by atoms with Gasteiger partial charge in [-0.1, -0.05) is 49.2 Å². The zero-order valence-corrected chi connectivity index (χ0v) is 20.1. The van der Waals surface area contributed by atoms with Crippen molar-refractivity contribution in [1.82, 2.24) is 5.32 Å². The number of anilines is 2. The van der Waals surface area contributed by atoms with Crippen molar-refractivity contribution >= 4 is 69.8 Å². The standard InChI is InChI=1S/C24H21Cl2N3O3S/c1-14(2)23(31)27-15-5-3-6-16(13-15)28-24(33)29-21(30)12-10-17-9-11-20(32-17)18-7-4-8-19(25)22(18)26/h3-14H,1-2H3,(H,27,31)(H2,28,29,30,33). The zero-order valence-electron chi connectivity index (χ0n) is 17.8. The minimum absolute atomic E-state index is 0.0908. The van der Waals surface area contributed by atoms with Gasteiger partial charge in [-0.3, -0.25) is 14.9 Å². The summed E-state index contributed by atoms with van der Waals surface area (Å²) >= 11 is 17.5. The van der Waals surface area contributed by atoms with E-state index in [2.05, 4.69) is 16.0 Å². The number of halogens is 2. The first kappa shape index (κ1) is 24.5. The molecule has 2 aromatic carbocycles. The smallest absolute Gasteiger partial charge is 0.250 e. The number of hydrogen-bond acceptors (Lipinski definition) is 4. The average molecular weight is 502 g/mol. The molecule has 0 unspecified atom stereocenters. The first-order chi connectivity index (χ1) is 15.7. The Balaban J connectivity index is 1.57. The fourth-order valence-corrected chi connectivity index (χ4v) is 3.33. The molecule has 0 saturated heterocycles. The number of carbonyl (C=O) groups excluding carboxylic acids is 2. The Kier molecular flexibility index (Phi) is 8.27. The van der Waals surface area contributed by atoms with E-state index in [4.69, 9.17) is 39.8 Å². The lowest BCUT2D eigenvalue weighted by Crippen LogP contribution is -2.32. The van der Waals surface area contributed by atoms with E-state index in [9.17, 15) is 9.59 Å². The van der Waals surface area contributed by atoms with Crippen molar-refractivity contribution in [2.75, 3.05) is 10.6 Å². The molecule has 1 heterocycles. The molecule has 3 N–H and O–H groups in total. The minimum atomic E-state index is -0.435. The summed E-state index contributed by atoms with van der Waals surface area (Å²) in [6, 6.07) is 15.7. The molecule has 0 bridgehead atoms. The van der Waals surface area contributed by atoms with Gasteiger partial charge in [0.15, 0.2) is 5.11 Å². The normalized spacial score (nSPS) is 10.9. The number of rotatable bonds is 6. The van der Waals surface area contributed by atoms with Crippen molar-refractivity contribution in [1.29, 1.82) is 0 Å². The van der Waals surface area contributed by atoms with Crippen LogP contribution in [0.5, 0.6) is 0 Å². The van der Waals surface area contributed by atoms with Crippen molar-refractivity contribution in [2.45, 2.75) is 13.8 Å². The third-order valence-electron chi connectivity index (χ3n) is 4.39. The van der Waals surface area contributed by atoms with Crippen molar-refractivity contribution in [3.05, 3.63) is 76.5 Å². The van der Waals surface area contributed by atoms with Crippen LogP contribution in [0.15, 0.2) is 65.1 Å². The van der Waals surface area contributed by atoms with Crippen molar-refractivity contribution in [3.8, 4) is 11.3 Å². The van der Waals surface area contributed by atoms with Crippen LogP contribution in [0.25, 0.3) is 17.4 Å². The Hall–Kier alpha value is -3.13. The molecular formula is C24H21Cl2N3O3S. The predicted octanol–water partition coefficient (Wildman–Crippen LogP) is 6.37. The van der Waals surface area contributed by atoms with E-state index >= 15 is 0 Å². The van der Waals surface area contributed by atoms with E-state index in [0.717, 1.165) is 0 Å². The molecular weight excluding hydrogens is 481 g/mol. The van der Waals surface area contributed by atoms with Gasteiger partial charge in [-0.05, 0) is 60.8 Å². The number of thiocarbonyl (C=S) groups is 1. The predicted molar refractivity (Wildman–Crippen MR) is 137 cm³/mol. The van der Waals surface area contributed by atoms with E-state index in [1.54, 1.807) is 54.6 Å². The molecule has 0 atom stereocenters. The summed E-state index contributed by atoms with van der Waals surface area (Å²) in [5.74, 6) is 0.330. The van der Waals surface area contributed by atoms with Crippen LogP contribution in [0.4, 0.5) is 11.4 Å². The summed E-state index contributed by atoms with van der Waals surface area (Å²) in [5.41, 5.74) is 1.91. The van der Waals surface area contributed by atoms with Gasteiger partial charge >= 0.3 is 0 Å². The van der Waals surface area contributed by atoms with Crippen molar-refractivity contribution < 1.29 is 14.0 Å². The van der Waals surface area contributed by atoms with Crippen LogP contribution in [0.3, 0.4) is 0 Å². The van der Waals surface area contributed by atoms with Crippen LogP contribution in [-0.4, -0.2) is 16.9 Å². The molecule has 0 aliphatic rings. The largest absolute Gasteiger partial charge is 0.457 e. The third-order valence-corrected chi connectivity index (χ3v) is 5.41. The Morgan fingerprint density at radius 2 is 1.70 bits per heavy atom. The van der Waals surface area contributed by atoms with E-state index in [1.165, 1.54) is 12.2 Å². The lowest BCUT2D eigenvalue weighted by Gasteiger charge is -2.11. The second kappa shape index (κ2) is 11.1. The number of hydrogen-bond donors (Lipinski definition) is 3. The van der Waals surface area contributed by atoms with E-state index in [1.807, 2.05) is 13.8 Å². The number of carbonyl (C=O) groups is 2. The first-order valence-corrected chi connectivity index (χ1v) is 11.1. The van der Waals surface area contributed by atoms with Crippen molar-refractivity contribution in [3.63, 3.8) is 0 Å². The van der Waals surface area contributed by atoms with Crippen LogP contribution < -0.4 is 16.0 Å². The molecule has 33 heavy (non-hydrogen) atoms. The number of furan rings is 1. The van der Waals surface area contributed by atoms with Crippen LogP contribution in [0, 0.1) is 5.92 Å². The molecule has 170 valence electrons. The van der Waals surface area contributed by atoms with Gasteiger partial charge in [-0.25, -0.2) is 0 Å². The van der Waals surface area contributed by atoms with Crippen molar-refractivity contribution in [2.24, 2.45) is 5.92 Å². The van der Waals surface area contributed by atoms with Gasteiger partial charge in [-0.15, -0.1) is 0 Å². The third kappa shape index (κ3) is 6.92. The fraction of sp³-hybridized carbons (Fsp3) is 0.125. The first-order valence-electron chi connectivity index (χ1n) is 9.98. The van der Waals surface area contributed by atoms with Gasteiger partial charge < -0.3 is 15.1 Å². The Bertz CT molecular complexity index is 1220.